The van der Waals surface area contributed by atoms with Crippen molar-refractivity contribution < 1.29 is 9.84 Å². The van der Waals surface area contributed by atoms with Gasteiger partial charge in [-0.25, -0.2) is 0 Å². The van der Waals surface area contributed by atoms with E-state index >= 15 is 0 Å². The molecule has 1 fully saturated rings. The molecule has 0 aliphatic heterocycles. The number of aliphatic hydroxyl groups excluding tert-OH is 1. The van der Waals surface area contributed by atoms with Crippen molar-refractivity contribution in [1.29, 1.82) is 0 Å². The highest BCUT2D eigenvalue weighted by molar-refractivity contribution is 4.83. The summed E-state index contributed by atoms with van der Waals surface area (Å²) in [6.45, 7) is 4.20. The van der Waals surface area contributed by atoms with Crippen molar-refractivity contribution in [3.05, 3.63) is 0 Å². The number of terminal acetylenes is 1. The minimum absolute atomic E-state index is 0.359. The second-order valence-corrected chi connectivity index (χ2v) is 5.38. The number of nitrogens with one attached hydrogen (secondary N) is 1. The molecule has 1 unspecified atom stereocenters. The zero-order chi connectivity index (χ0) is 13.2. The summed E-state index contributed by atoms with van der Waals surface area (Å²) in [6, 6.07) is 0. The first-order valence-electron chi connectivity index (χ1n) is 7.16. The van der Waals surface area contributed by atoms with Crippen LogP contribution in [-0.2, 0) is 4.74 Å². The first-order chi connectivity index (χ1) is 8.72. The van der Waals surface area contributed by atoms with Crippen molar-refractivity contribution in [3.8, 4) is 12.3 Å². The van der Waals surface area contributed by atoms with Crippen molar-refractivity contribution in [2.24, 2.45) is 5.92 Å². The molecule has 1 rings (SSSR count). The Morgan fingerprint density at radius 3 is 2.78 bits per heavy atom. The predicted octanol–water partition coefficient (Wildman–Crippen LogP) is 1.95. The third-order valence-corrected chi connectivity index (χ3v) is 3.54. The Balaban J connectivity index is 1.96. The Labute approximate surface area is 111 Å². The second-order valence-electron chi connectivity index (χ2n) is 5.38. The van der Waals surface area contributed by atoms with Crippen molar-refractivity contribution in [3.63, 3.8) is 0 Å². The SMILES string of the molecule is C#CCCCNCC(O)COC1CCC(C)CC1. The fraction of sp³-hybridized carbons (Fsp3) is 0.867. The standard InChI is InChI=1S/C15H27NO2/c1-3-4-5-10-16-11-14(17)12-18-15-8-6-13(2)7-9-15/h1,13-17H,4-12H2,2H3. The van der Waals surface area contributed by atoms with E-state index in [2.05, 4.69) is 18.2 Å². The molecular weight excluding hydrogens is 226 g/mol. The average molecular weight is 253 g/mol. The molecule has 0 saturated heterocycles. The van der Waals surface area contributed by atoms with Gasteiger partial charge >= 0.3 is 0 Å². The average Bonchev–Trinajstić information content (AvgIpc) is 2.38. The van der Waals surface area contributed by atoms with E-state index in [0.29, 0.717) is 19.3 Å². The zero-order valence-electron chi connectivity index (χ0n) is 11.5. The van der Waals surface area contributed by atoms with Crippen molar-refractivity contribution in [2.45, 2.75) is 57.7 Å². The van der Waals surface area contributed by atoms with E-state index in [1.54, 1.807) is 0 Å². The molecular formula is C15H27NO2. The number of aliphatic hydroxyl groups is 1. The smallest absolute Gasteiger partial charge is 0.0897 e. The first-order valence-corrected chi connectivity index (χ1v) is 7.16. The maximum absolute atomic E-state index is 9.76. The molecule has 0 radical (unpaired) electrons. The molecule has 0 heterocycles. The Bertz CT molecular complexity index is 241. The Morgan fingerprint density at radius 1 is 1.39 bits per heavy atom. The van der Waals surface area contributed by atoms with Crippen LogP contribution in [0.3, 0.4) is 0 Å². The van der Waals surface area contributed by atoms with Crippen LogP contribution in [0.15, 0.2) is 0 Å². The van der Waals surface area contributed by atoms with Crippen LogP contribution in [0, 0.1) is 18.3 Å². The van der Waals surface area contributed by atoms with Gasteiger partial charge in [-0.1, -0.05) is 6.92 Å². The van der Waals surface area contributed by atoms with Gasteiger partial charge in [-0.05, 0) is 44.6 Å². The zero-order valence-corrected chi connectivity index (χ0v) is 11.5. The van der Waals surface area contributed by atoms with Crippen LogP contribution < -0.4 is 5.32 Å². The minimum atomic E-state index is -0.407. The summed E-state index contributed by atoms with van der Waals surface area (Å²) in [4.78, 5) is 0. The third-order valence-electron chi connectivity index (χ3n) is 3.54. The van der Waals surface area contributed by atoms with E-state index < -0.39 is 6.10 Å². The summed E-state index contributed by atoms with van der Waals surface area (Å²) in [5, 5.41) is 12.9. The second kappa shape index (κ2) is 9.38. The number of ether oxygens (including phenoxy) is 1. The molecule has 18 heavy (non-hydrogen) atoms. The molecule has 3 heteroatoms. The molecule has 1 saturated carbocycles. The van der Waals surface area contributed by atoms with Gasteiger partial charge in [-0.2, -0.15) is 0 Å². The van der Waals surface area contributed by atoms with Gasteiger partial charge < -0.3 is 15.2 Å². The fourth-order valence-corrected chi connectivity index (χ4v) is 2.29. The summed E-state index contributed by atoms with van der Waals surface area (Å²) in [7, 11) is 0. The number of rotatable bonds is 8. The number of unbranched alkanes of at least 4 members (excludes halogenated alkanes) is 1. The van der Waals surface area contributed by atoms with Crippen LogP contribution in [-0.4, -0.2) is 37.0 Å². The topological polar surface area (TPSA) is 41.5 Å². The van der Waals surface area contributed by atoms with Crippen molar-refractivity contribution in [2.75, 3.05) is 19.7 Å². The van der Waals surface area contributed by atoms with Crippen LogP contribution >= 0.6 is 0 Å². The fourth-order valence-electron chi connectivity index (χ4n) is 2.29. The summed E-state index contributed by atoms with van der Waals surface area (Å²) < 4.78 is 5.75. The van der Waals surface area contributed by atoms with Gasteiger partial charge in [0.15, 0.2) is 0 Å². The molecule has 104 valence electrons. The highest BCUT2D eigenvalue weighted by atomic mass is 16.5. The van der Waals surface area contributed by atoms with E-state index in [1.165, 1.54) is 12.8 Å². The monoisotopic (exact) mass is 253 g/mol. The molecule has 1 aliphatic rings. The van der Waals surface area contributed by atoms with E-state index in [9.17, 15) is 5.11 Å². The van der Waals surface area contributed by atoms with Gasteiger partial charge in [-0.15, -0.1) is 12.3 Å². The number of hydrogen-bond donors (Lipinski definition) is 2. The van der Waals surface area contributed by atoms with E-state index in [1.807, 2.05) is 0 Å². The van der Waals surface area contributed by atoms with Crippen LogP contribution in [0.4, 0.5) is 0 Å². The lowest BCUT2D eigenvalue weighted by Crippen LogP contribution is -2.33. The highest BCUT2D eigenvalue weighted by Gasteiger charge is 2.19. The lowest BCUT2D eigenvalue weighted by molar-refractivity contribution is -0.0277. The summed E-state index contributed by atoms with van der Waals surface area (Å²) in [5.74, 6) is 3.44. The van der Waals surface area contributed by atoms with Crippen LogP contribution in [0.25, 0.3) is 0 Å². The van der Waals surface area contributed by atoms with Crippen LogP contribution in [0.2, 0.25) is 0 Å². The van der Waals surface area contributed by atoms with E-state index in [0.717, 1.165) is 38.1 Å². The van der Waals surface area contributed by atoms with E-state index in [-0.39, 0.29) is 0 Å². The lowest BCUT2D eigenvalue weighted by Gasteiger charge is -2.27. The van der Waals surface area contributed by atoms with Gasteiger partial charge in [0.25, 0.3) is 0 Å². The highest BCUT2D eigenvalue weighted by Crippen LogP contribution is 2.25. The summed E-state index contributed by atoms with van der Waals surface area (Å²) in [5.41, 5.74) is 0. The molecule has 0 aromatic rings. The molecule has 1 aliphatic carbocycles. The quantitative estimate of drug-likeness (QED) is 0.513. The normalized spacial score (nSPS) is 25.6. The Kier molecular flexibility index (Phi) is 8.08. The van der Waals surface area contributed by atoms with Gasteiger partial charge in [0.05, 0.1) is 18.8 Å². The molecule has 0 spiro atoms. The largest absolute Gasteiger partial charge is 0.389 e. The summed E-state index contributed by atoms with van der Waals surface area (Å²) in [6.07, 6.45) is 11.7. The summed E-state index contributed by atoms with van der Waals surface area (Å²) >= 11 is 0. The molecule has 2 N–H and O–H groups in total. The predicted molar refractivity (Wildman–Crippen MR) is 74.3 cm³/mol. The molecule has 0 aromatic carbocycles. The molecule has 3 nitrogen and oxygen atoms in total. The van der Waals surface area contributed by atoms with Crippen LogP contribution in [0.1, 0.15) is 45.4 Å². The maximum atomic E-state index is 9.76. The molecule has 0 aromatic heterocycles. The minimum Gasteiger partial charge on any atom is -0.389 e. The molecule has 0 bridgehead atoms. The number of hydrogen-bond acceptors (Lipinski definition) is 3. The van der Waals surface area contributed by atoms with Crippen molar-refractivity contribution >= 4 is 0 Å². The Hall–Kier alpha value is -0.560. The first kappa shape index (κ1) is 15.5. The molecule has 1 atom stereocenters. The molecule has 0 amide bonds. The van der Waals surface area contributed by atoms with Crippen molar-refractivity contribution in [1.82, 2.24) is 5.32 Å². The van der Waals surface area contributed by atoms with Gasteiger partial charge in [0.1, 0.15) is 0 Å². The Morgan fingerprint density at radius 2 is 2.11 bits per heavy atom. The van der Waals surface area contributed by atoms with Gasteiger partial charge in [0, 0.05) is 13.0 Å². The van der Waals surface area contributed by atoms with E-state index in [4.69, 9.17) is 11.2 Å². The lowest BCUT2D eigenvalue weighted by atomic mass is 9.89. The van der Waals surface area contributed by atoms with Gasteiger partial charge in [-0.3, -0.25) is 0 Å². The third kappa shape index (κ3) is 7.00. The van der Waals surface area contributed by atoms with Gasteiger partial charge in [0.2, 0.25) is 0 Å². The maximum Gasteiger partial charge on any atom is 0.0897 e. The van der Waals surface area contributed by atoms with Crippen LogP contribution in [0.5, 0.6) is 0 Å².